The predicted octanol–water partition coefficient (Wildman–Crippen LogP) is 3.12. The van der Waals surface area contributed by atoms with E-state index in [1.54, 1.807) is 0 Å². The molecule has 1 aliphatic carbocycles. The number of likely N-dealkylation sites (N-methyl/N-ethyl adjacent to an activating group) is 1. The minimum absolute atomic E-state index is 0.112. The molecule has 152 valence electrons. The Morgan fingerprint density at radius 3 is 2.89 bits per heavy atom. The lowest BCUT2D eigenvalue weighted by molar-refractivity contribution is 0.00185. The number of ether oxygens (including phenoxy) is 1. The number of allylic oxidation sites excluding steroid dienone is 1. The molecule has 0 amide bonds. The Kier molecular flexibility index (Phi) is 7.50. The highest BCUT2D eigenvalue weighted by Gasteiger charge is 2.29. The van der Waals surface area contributed by atoms with E-state index in [9.17, 15) is 5.11 Å². The van der Waals surface area contributed by atoms with Crippen LogP contribution in [0.1, 0.15) is 51.9 Å². The lowest BCUT2D eigenvalue weighted by Crippen LogP contribution is -2.40. The molecule has 1 fully saturated rings. The van der Waals surface area contributed by atoms with Crippen molar-refractivity contribution in [3.63, 3.8) is 0 Å². The second-order valence-electron chi connectivity index (χ2n) is 8.62. The summed E-state index contributed by atoms with van der Waals surface area (Å²) in [5.74, 6) is 1.28. The number of hydrogen-bond acceptors (Lipinski definition) is 5. The quantitative estimate of drug-likeness (QED) is 0.749. The molecular weight excluding hydrogens is 338 g/mol. The third-order valence-electron chi connectivity index (χ3n) is 6.45. The molecule has 0 aromatic rings. The summed E-state index contributed by atoms with van der Waals surface area (Å²) in [5, 5.41) is 13.4. The number of aliphatic imine (C=N–C) groups is 1. The molecule has 27 heavy (non-hydrogen) atoms. The van der Waals surface area contributed by atoms with E-state index in [1.165, 1.54) is 37.1 Å². The Morgan fingerprint density at radius 2 is 2.19 bits per heavy atom. The van der Waals surface area contributed by atoms with Crippen LogP contribution in [-0.2, 0) is 4.74 Å². The lowest BCUT2D eigenvalue weighted by atomic mass is 9.78. The summed E-state index contributed by atoms with van der Waals surface area (Å²) in [4.78, 5) is 6.76. The van der Waals surface area contributed by atoms with Gasteiger partial charge < -0.3 is 20.1 Å². The first kappa shape index (κ1) is 20.6. The second kappa shape index (κ2) is 9.85. The smallest absolute Gasteiger partial charge is 0.0764 e. The molecule has 3 rings (SSSR count). The number of hydrogen-bond donors (Lipinski definition) is 2. The minimum Gasteiger partial charge on any atom is -0.392 e. The molecule has 0 saturated heterocycles. The molecule has 0 spiro atoms. The summed E-state index contributed by atoms with van der Waals surface area (Å²) in [7, 11) is 4.09. The van der Waals surface area contributed by atoms with Crippen LogP contribution in [0.5, 0.6) is 0 Å². The van der Waals surface area contributed by atoms with Crippen molar-refractivity contribution in [2.45, 2.75) is 64.0 Å². The molecule has 0 aromatic carbocycles. The Hall–Kier alpha value is -1.17. The molecule has 5 nitrogen and oxygen atoms in total. The van der Waals surface area contributed by atoms with Gasteiger partial charge in [-0.25, -0.2) is 0 Å². The Morgan fingerprint density at radius 1 is 1.33 bits per heavy atom. The number of aliphatic hydroxyl groups excluding tert-OH is 1. The highest BCUT2D eigenvalue weighted by atomic mass is 16.5. The summed E-state index contributed by atoms with van der Waals surface area (Å²) in [6.07, 6.45) is 12.4. The van der Waals surface area contributed by atoms with E-state index in [0.29, 0.717) is 11.8 Å². The summed E-state index contributed by atoms with van der Waals surface area (Å²) in [6, 6.07) is 0.288. The van der Waals surface area contributed by atoms with Crippen molar-refractivity contribution in [1.82, 2.24) is 10.2 Å². The van der Waals surface area contributed by atoms with E-state index in [1.807, 2.05) is 20.3 Å². The highest BCUT2D eigenvalue weighted by molar-refractivity contribution is 5.88. The van der Waals surface area contributed by atoms with Crippen LogP contribution in [0.15, 0.2) is 28.5 Å². The van der Waals surface area contributed by atoms with Gasteiger partial charge in [-0.1, -0.05) is 12.5 Å². The number of nitrogens with one attached hydrogen (secondary N) is 1. The third-order valence-corrected chi connectivity index (χ3v) is 6.45. The normalized spacial score (nSPS) is 32.2. The number of nitrogens with zero attached hydrogens (tertiary/aromatic N) is 2. The molecule has 0 radical (unpaired) electrons. The van der Waals surface area contributed by atoms with Crippen LogP contribution >= 0.6 is 0 Å². The van der Waals surface area contributed by atoms with Crippen molar-refractivity contribution in [2.24, 2.45) is 16.8 Å². The molecule has 2 aliphatic heterocycles. The van der Waals surface area contributed by atoms with Crippen molar-refractivity contribution >= 4 is 5.71 Å². The zero-order valence-electron chi connectivity index (χ0n) is 17.3. The van der Waals surface area contributed by atoms with Crippen LogP contribution in [0.4, 0.5) is 0 Å². The maximum absolute atomic E-state index is 9.85. The Balaban J connectivity index is 1.56. The summed E-state index contributed by atoms with van der Waals surface area (Å²) < 4.78 is 6.43. The van der Waals surface area contributed by atoms with E-state index in [-0.39, 0.29) is 18.8 Å². The fourth-order valence-electron chi connectivity index (χ4n) is 4.72. The van der Waals surface area contributed by atoms with Gasteiger partial charge in [0.15, 0.2) is 0 Å². The van der Waals surface area contributed by atoms with Gasteiger partial charge in [0.1, 0.15) is 0 Å². The van der Waals surface area contributed by atoms with Crippen LogP contribution in [-0.4, -0.2) is 61.7 Å². The first-order chi connectivity index (χ1) is 13.1. The van der Waals surface area contributed by atoms with Crippen molar-refractivity contribution < 1.29 is 9.84 Å². The van der Waals surface area contributed by atoms with E-state index in [0.717, 1.165) is 38.0 Å². The van der Waals surface area contributed by atoms with Gasteiger partial charge in [0, 0.05) is 57.3 Å². The molecule has 2 N–H and O–H groups in total. The summed E-state index contributed by atoms with van der Waals surface area (Å²) in [5.41, 5.74) is 3.70. The van der Waals surface area contributed by atoms with E-state index >= 15 is 0 Å². The van der Waals surface area contributed by atoms with Crippen LogP contribution in [0.25, 0.3) is 0 Å². The molecular formula is C22H37N3O2. The highest BCUT2D eigenvalue weighted by Crippen LogP contribution is 2.33. The van der Waals surface area contributed by atoms with Gasteiger partial charge in [-0.2, -0.15) is 0 Å². The average Bonchev–Trinajstić information content (AvgIpc) is 2.86. The summed E-state index contributed by atoms with van der Waals surface area (Å²) >= 11 is 0. The number of rotatable bonds is 6. The molecule has 5 heteroatoms. The maximum atomic E-state index is 9.85. The molecule has 0 aromatic heterocycles. The van der Waals surface area contributed by atoms with Crippen molar-refractivity contribution in [3.05, 3.63) is 23.5 Å². The van der Waals surface area contributed by atoms with Gasteiger partial charge in [0.2, 0.25) is 0 Å². The molecule has 2 heterocycles. The molecule has 3 aliphatic rings. The van der Waals surface area contributed by atoms with Crippen molar-refractivity contribution in [3.8, 4) is 0 Å². The van der Waals surface area contributed by atoms with Gasteiger partial charge in [0.25, 0.3) is 0 Å². The van der Waals surface area contributed by atoms with E-state index in [4.69, 9.17) is 4.74 Å². The van der Waals surface area contributed by atoms with Crippen molar-refractivity contribution in [1.29, 1.82) is 0 Å². The molecule has 3 unspecified atom stereocenters. The second-order valence-corrected chi connectivity index (χ2v) is 8.62. The van der Waals surface area contributed by atoms with Gasteiger partial charge in [-0.15, -0.1) is 0 Å². The van der Waals surface area contributed by atoms with Crippen LogP contribution in [0.3, 0.4) is 0 Å². The molecule has 1 saturated carbocycles. The van der Waals surface area contributed by atoms with Crippen molar-refractivity contribution in [2.75, 3.05) is 33.9 Å². The first-order valence-corrected chi connectivity index (χ1v) is 10.6. The standard InChI is InChI=1S/C22H37N3O2/c1-16-22(12-19(14-26)21(13-24-16)25(2)3)27-15-17-7-6-8-18(11-17)20-9-4-5-10-23-20/h5,10,16-18,22,24,26H,4,6-9,11-15H2,1-3H3/t16-,17?,18?,22?/m1/s1. The first-order valence-electron chi connectivity index (χ1n) is 10.6. The zero-order chi connectivity index (χ0) is 19.2. The van der Waals surface area contributed by atoms with Crippen LogP contribution in [0, 0.1) is 11.8 Å². The number of aliphatic hydroxyl groups is 1. The van der Waals surface area contributed by atoms with Gasteiger partial charge in [-0.05, 0) is 56.4 Å². The van der Waals surface area contributed by atoms with Crippen LogP contribution < -0.4 is 5.32 Å². The van der Waals surface area contributed by atoms with Gasteiger partial charge in [-0.3, -0.25) is 4.99 Å². The predicted molar refractivity (Wildman–Crippen MR) is 111 cm³/mol. The minimum atomic E-state index is 0.112. The van der Waals surface area contributed by atoms with Crippen LogP contribution in [0.2, 0.25) is 0 Å². The topological polar surface area (TPSA) is 57.1 Å². The zero-order valence-corrected chi connectivity index (χ0v) is 17.3. The summed E-state index contributed by atoms with van der Waals surface area (Å²) in [6.45, 7) is 3.93. The Bertz CT molecular complexity index is 582. The molecule has 4 atom stereocenters. The fraction of sp³-hybridized carbons (Fsp3) is 0.773. The van der Waals surface area contributed by atoms with Gasteiger partial charge >= 0.3 is 0 Å². The lowest BCUT2D eigenvalue weighted by Gasteiger charge is -2.32. The SMILES string of the molecule is C[C@H]1NCC(N(C)C)=C(CO)CC1OCC1CCCC(C2=NC=CCC2)C1. The Labute approximate surface area is 164 Å². The monoisotopic (exact) mass is 375 g/mol. The van der Waals surface area contributed by atoms with E-state index < -0.39 is 0 Å². The van der Waals surface area contributed by atoms with E-state index in [2.05, 4.69) is 28.2 Å². The maximum Gasteiger partial charge on any atom is 0.0764 e. The largest absolute Gasteiger partial charge is 0.392 e. The van der Waals surface area contributed by atoms with Gasteiger partial charge in [0.05, 0.1) is 12.7 Å². The third kappa shape index (κ3) is 5.43. The fourth-order valence-corrected chi connectivity index (χ4v) is 4.72. The molecule has 0 bridgehead atoms. The average molecular weight is 376 g/mol.